The largest absolute Gasteiger partial charge is 0.346 e. The molecule has 0 saturated carbocycles. The fourth-order valence-corrected chi connectivity index (χ4v) is 2.48. The van der Waals surface area contributed by atoms with Crippen LogP contribution in [0.25, 0.3) is 0 Å². The second-order valence-corrected chi connectivity index (χ2v) is 6.99. The summed E-state index contributed by atoms with van der Waals surface area (Å²) in [5, 5.41) is 6.49. The zero-order chi connectivity index (χ0) is 18.2. The van der Waals surface area contributed by atoms with E-state index in [0.717, 1.165) is 5.71 Å². The molecule has 24 heavy (non-hydrogen) atoms. The van der Waals surface area contributed by atoms with Crippen molar-refractivity contribution in [3.63, 3.8) is 0 Å². The molecule has 1 aromatic carbocycles. The Labute approximate surface area is 145 Å². The molecule has 0 atom stereocenters. The minimum atomic E-state index is -3.83. The molecule has 8 nitrogen and oxygen atoms in total. The number of halogens is 1. The summed E-state index contributed by atoms with van der Waals surface area (Å²) in [5.74, 6) is -1.14. The standard InChI is InChI=1S/C14H19ClN4O4S/c1-3-10(2)18-19-14(21)8-16-13(20)9-17-24(22,23)12-6-4-11(15)5-7-12/h4-7,17H,3,8-9H2,1-2H3,(H,16,20)(H,19,21)/b18-10-. The van der Waals surface area contributed by atoms with E-state index in [1.54, 1.807) is 6.92 Å². The first-order valence-electron chi connectivity index (χ1n) is 7.08. The lowest BCUT2D eigenvalue weighted by molar-refractivity contribution is -0.125. The highest BCUT2D eigenvalue weighted by Gasteiger charge is 2.15. The van der Waals surface area contributed by atoms with Gasteiger partial charge in [-0.15, -0.1) is 0 Å². The first-order valence-corrected chi connectivity index (χ1v) is 8.94. The highest BCUT2D eigenvalue weighted by molar-refractivity contribution is 7.89. The molecule has 0 aliphatic heterocycles. The number of carbonyl (C=O) groups excluding carboxylic acids is 2. The number of sulfonamides is 1. The van der Waals surface area contributed by atoms with Crippen LogP contribution in [0, 0.1) is 0 Å². The molecule has 0 saturated heterocycles. The van der Waals surface area contributed by atoms with E-state index in [1.165, 1.54) is 24.3 Å². The smallest absolute Gasteiger partial charge is 0.259 e. The van der Waals surface area contributed by atoms with Gasteiger partial charge in [-0.05, 0) is 37.6 Å². The highest BCUT2D eigenvalue weighted by Crippen LogP contribution is 2.13. The molecule has 132 valence electrons. The van der Waals surface area contributed by atoms with Crippen molar-refractivity contribution in [2.45, 2.75) is 25.2 Å². The number of hydrogen-bond donors (Lipinski definition) is 3. The van der Waals surface area contributed by atoms with Gasteiger partial charge < -0.3 is 5.32 Å². The lowest BCUT2D eigenvalue weighted by Crippen LogP contribution is -2.41. The average Bonchev–Trinajstić information content (AvgIpc) is 2.56. The summed E-state index contributed by atoms with van der Waals surface area (Å²) in [7, 11) is -3.83. The maximum Gasteiger partial charge on any atom is 0.259 e. The van der Waals surface area contributed by atoms with Crippen LogP contribution in [0.5, 0.6) is 0 Å². The minimum absolute atomic E-state index is 0.0122. The maximum atomic E-state index is 12.0. The van der Waals surface area contributed by atoms with Crippen molar-refractivity contribution in [1.82, 2.24) is 15.5 Å². The zero-order valence-corrected chi connectivity index (χ0v) is 14.9. The quantitative estimate of drug-likeness (QED) is 0.457. The number of nitrogens with zero attached hydrogens (tertiary/aromatic N) is 1. The third-order valence-electron chi connectivity index (χ3n) is 2.88. The Balaban J connectivity index is 2.43. The van der Waals surface area contributed by atoms with E-state index in [-0.39, 0.29) is 11.4 Å². The zero-order valence-electron chi connectivity index (χ0n) is 13.3. The Morgan fingerprint density at radius 3 is 2.33 bits per heavy atom. The number of amides is 2. The van der Waals surface area contributed by atoms with E-state index in [0.29, 0.717) is 11.4 Å². The number of hydrogen-bond acceptors (Lipinski definition) is 5. The molecule has 0 spiro atoms. The van der Waals surface area contributed by atoms with Gasteiger partial charge in [-0.3, -0.25) is 9.59 Å². The van der Waals surface area contributed by atoms with Crippen LogP contribution in [-0.4, -0.2) is 39.0 Å². The maximum absolute atomic E-state index is 12.0. The molecule has 1 rings (SSSR count). The van der Waals surface area contributed by atoms with Crippen LogP contribution in [0.1, 0.15) is 20.3 Å². The molecule has 1 aromatic rings. The van der Waals surface area contributed by atoms with Gasteiger partial charge in [0.25, 0.3) is 5.91 Å². The number of benzene rings is 1. The second kappa shape index (κ2) is 9.36. The predicted molar refractivity (Wildman–Crippen MR) is 91.2 cm³/mol. The van der Waals surface area contributed by atoms with E-state index in [2.05, 4.69) is 20.6 Å². The molecule has 0 bridgehead atoms. The lowest BCUT2D eigenvalue weighted by atomic mass is 10.3. The van der Waals surface area contributed by atoms with Crippen molar-refractivity contribution in [3.8, 4) is 0 Å². The van der Waals surface area contributed by atoms with Crippen molar-refractivity contribution >= 4 is 39.2 Å². The van der Waals surface area contributed by atoms with E-state index in [9.17, 15) is 18.0 Å². The topological polar surface area (TPSA) is 117 Å². The molecule has 0 heterocycles. The van der Waals surface area contributed by atoms with Gasteiger partial charge in [-0.25, -0.2) is 18.6 Å². The molecular weight excluding hydrogens is 356 g/mol. The van der Waals surface area contributed by atoms with Gasteiger partial charge in [-0.2, -0.15) is 5.10 Å². The molecule has 0 radical (unpaired) electrons. The Hall–Kier alpha value is -1.97. The average molecular weight is 375 g/mol. The second-order valence-electron chi connectivity index (χ2n) is 4.79. The molecule has 0 aliphatic rings. The number of rotatable bonds is 8. The molecule has 0 aromatic heterocycles. The van der Waals surface area contributed by atoms with Gasteiger partial charge in [0, 0.05) is 10.7 Å². The van der Waals surface area contributed by atoms with Crippen molar-refractivity contribution < 1.29 is 18.0 Å². The van der Waals surface area contributed by atoms with Gasteiger partial charge in [0.1, 0.15) is 0 Å². The van der Waals surface area contributed by atoms with E-state index in [1.807, 2.05) is 6.92 Å². The van der Waals surface area contributed by atoms with Crippen LogP contribution in [0.4, 0.5) is 0 Å². The van der Waals surface area contributed by atoms with Gasteiger partial charge in [0.2, 0.25) is 15.9 Å². The van der Waals surface area contributed by atoms with E-state index >= 15 is 0 Å². The Morgan fingerprint density at radius 1 is 1.12 bits per heavy atom. The van der Waals surface area contributed by atoms with Crippen molar-refractivity contribution in [2.24, 2.45) is 5.10 Å². The first kappa shape index (κ1) is 20.1. The third kappa shape index (κ3) is 7.07. The summed E-state index contributed by atoms with van der Waals surface area (Å²) < 4.78 is 26.1. The van der Waals surface area contributed by atoms with Crippen molar-refractivity contribution in [1.29, 1.82) is 0 Å². The fraction of sp³-hybridized carbons (Fsp3) is 0.357. The summed E-state index contributed by atoms with van der Waals surface area (Å²) in [6.07, 6.45) is 0.694. The third-order valence-corrected chi connectivity index (χ3v) is 4.55. The lowest BCUT2D eigenvalue weighted by Gasteiger charge is -2.07. The summed E-state index contributed by atoms with van der Waals surface area (Å²) in [6, 6.07) is 5.51. The van der Waals surface area contributed by atoms with Crippen LogP contribution in [0.15, 0.2) is 34.3 Å². The predicted octanol–water partition coefficient (Wildman–Crippen LogP) is 0.637. The number of nitrogens with one attached hydrogen (secondary N) is 3. The van der Waals surface area contributed by atoms with Crippen LogP contribution in [0.2, 0.25) is 5.02 Å². The Bertz CT molecular complexity index is 717. The van der Waals surface area contributed by atoms with Gasteiger partial charge in [0.05, 0.1) is 18.0 Å². The van der Waals surface area contributed by atoms with Gasteiger partial charge in [0.15, 0.2) is 0 Å². The van der Waals surface area contributed by atoms with Crippen molar-refractivity contribution in [3.05, 3.63) is 29.3 Å². The summed E-state index contributed by atoms with van der Waals surface area (Å²) in [6.45, 7) is 2.85. The fourth-order valence-electron chi connectivity index (χ4n) is 1.38. The van der Waals surface area contributed by atoms with Crippen molar-refractivity contribution in [2.75, 3.05) is 13.1 Å². The molecule has 0 aliphatic carbocycles. The van der Waals surface area contributed by atoms with Crippen LogP contribution >= 0.6 is 11.6 Å². The number of hydrazone groups is 1. The Morgan fingerprint density at radius 2 is 1.75 bits per heavy atom. The molecule has 10 heteroatoms. The first-order chi connectivity index (χ1) is 11.2. The summed E-state index contributed by atoms with van der Waals surface area (Å²) >= 11 is 5.69. The molecule has 2 amide bonds. The van der Waals surface area contributed by atoms with Gasteiger partial charge >= 0.3 is 0 Å². The number of carbonyl (C=O) groups is 2. The summed E-state index contributed by atoms with van der Waals surface area (Å²) in [5.41, 5.74) is 3.02. The SMILES string of the molecule is CC/C(C)=N\NC(=O)CNC(=O)CNS(=O)(=O)c1ccc(Cl)cc1. The highest BCUT2D eigenvalue weighted by atomic mass is 35.5. The van der Waals surface area contributed by atoms with E-state index in [4.69, 9.17) is 11.6 Å². The molecule has 0 fully saturated rings. The summed E-state index contributed by atoms with van der Waals surface area (Å²) in [4.78, 5) is 23.0. The van der Waals surface area contributed by atoms with Gasteiger partial charge in [-0.1, -0.05) is 18.5 Å². The minimum Gasteiger partial charge on any atom is -0.346 e. The van der Waals surface area contributed by atoms with Crippen LogP contribution < -0.4 is 15.5 Å². The van der Waals surface area contributed by atoms with E-state index < -0.39 is 28.4 Å². The monoisotopic (exact) mass is 374 g/mol. The molecular formula is C14H19ClN4O4S. The van der Waals surface area contributed by atoms with Crippen LogP contribution in [0.3, 0.4) is 0 Å². The molecule has 3 N–H and O–H groups in total. The molecule has 0 unspecified atom stereocenters. The Kier molecular flexibility index (Phi) is 7.83. The normalized spacial score (nSPS) is 11.9. The van der Waals surface area contributed by atoms with Crippen LogP contribution in [-0.2, 0) is 19.6 Å².